The molecular formula is C15H15FN2OS. The second-order valence-corrected chi connectivity index (χ2v) is 5.08. The van der Waals surface area contributed by atoms with E-state index < -0.39 is 0 Å². The van der Waals surface area contributed by atoms with Gasteiger partial charge in [0.15, 0.2) is 0 Å². The van der Waals surface area contributed by atoms with Crippen molar-refractivity contribution in [1.29, 1.82) is 0 Å². The summed E-state index contributed by atoms with van der Waals surface area (Å²) in [5, 5.41) is 0. The van der Waals surface area contributed by atoms with Crippen molar-refractivity contribution in [2.24, 2.45) is 5.73 Å². The van der Waals surface area contributed by atoms with Gasteiger partial charge in [0.1, 0.15) is 16.6 Å². The molecule has 2 aromatic rings. The van der Waals surface area contributed by atoms with Crippen molar-refractivity contribution in [2.75, 3.05) is 0 Å². The molecule has 104 valence electrons. The number of nitrogens with two attached hydrogens (primary N) is 1. The molecule has 2 N–H and O–H groups in total. The third kappa shape index (κ3) is 2.93. The highest BCUT2D eigenvalue weighted by atomic mass is 32.1. The molecule has 0 aliphatic carbocycles. The van der Waals surface area contributed by atoms with Crippen LogP contribution in [0.15, 0.2) is 24.3 Å². The third-order valence-electron chi connectivity index (χ3n) is 2.90. The van der Waals surface area contributed by atoms with Crippen LogP contribution in [0.2, 0.25) is 0 Å². The lowest BCUT2D eigenvalue weighted by molar-refractivity contribution is 0.458. The van der Waals surface area contributed by atoms with E-state index in [9.17, 15) is 4.39 Å². The Morgan fingerprint density at radius 3 is 2.50 bits per heavy atom. The van der Waals surface area contributed by atoms with E-state index in [0.717, 1.165) is 11.3 Å². The summed E-state index contributed by atoms with van der Waals surface area (Å²) >= 11 is 5.04. The summed E-state index contributed by atoms with van der Waals surface area (Å²) in [7, 11) is 0. The van der Waals surface area contributed by atoms with Crippen molar-refractivity contribution in [1.82, 2.24) is 4.98 Å². The lowest BCUT2D eigenvalue weighted by Crippen LogP contribution is -2.14. The summed E-state index contributed by atoms with van der Waals surface area (Å²) in [6.45, 7) is 5.43. The number of aromatic nitrogens is 1. The number of halogens is 1. The fourth-order valence-corrected chi connectivity index (χ4v) is 2.22. The van der Waals surface area contributed by atoms with Gasteiger partial charge >= 0.3 is 0 Å². The Morgan fingerprint density at radius 2 is 1.90 bits per heavy atom. The fourth-order valence-electron chi connectivity index (χ4n) is 1.97. The van der Waals surface area contributed by atoms with E-state index >= 15 is 0 Å². The van der Waals surface area contributed by atoms with E-state index in [4.69, 9.17) is 22.7 Å². The van der Waals surface area contributed by atoms with Crippen LogP contribution in [-0.4, -0.2) is 9.97 Å². The van der Waals surface area contributed by atoms with E-state index in [1.165, 1.54) is 6.07 Å². The van der Waals surface area contributed by atoms with Crippen LogP contribution in [0.25, 0.3) is 0 Å². The van der Waals surface area contributed by atoms with Gasteiger partial charge in [-0.15, -0.1) is 0 Å². The van der Waals surface area contributed by atoms with Crippen LogP contribution in [0.1, 0.15) is 22.4 Å². The van der Waals surface area contributed by atoms with Gasteiger partial charge in [0.25, 0.3) is 0 Å². The zero-order valence-corrected chi connectivity index (χ0v) is 12.3. The Kier molecular flexibility index (Phi) is 3.99. The van der Waals surface area contributed by atoms with E-state index in [1.54, 1.807) is 19.1 Å². The van der Waals surface area contributed by atoms with Crippen molar-refractivity contribution < 1.29 is 9.13 Å². The van der Waals surface area contributed by atoms with E-state index in [0.29, 0.717) is 22.8 Å². The van der Waals surface area contributed by atoms with Crippen LogP contribution in [0.5, 0.6) is 11.6 Å². The average molecular weight is 290 g/mol. The molecule has 0 amide bonds. The van der Waals surface area contributed by atoms with Crippen molar-refractivity contribution in [3.8, 4) is 11.6 Å². The zero-order valence-electron chi connectivity index (χ0n) is 11.5. The number of rotatable bonds is 3. The van der Waals surface area contributed by atoms with E-state index in [-0.39, 0.29) is 10.8 Å². The number of hydrogen-bond acceptors (Lipinski definition) is 3. The largest absolute Gasteiger partial charge is 0.438 e. The molecule has 20 heavy (non-hydrogen) atoms. The Morgan fingerprint density at radius 1 is 1.20 bits per heavy atom. The van der Waals surface area contributed by atoms with Crippen molar-refractivity contribution in [3.05, 3.63) is 52.5 Å². The minimum absolute atomic E-state index is 0.226. The first-order valence-corrected chi connectivity index (χ1v) is 6.51. The van der Waals surface area contributed by atoms with Crippen LogP contribution in [0.3, 0.4) is 0 Å². The Bertz CT molecular complexity index is 686. The molecule has 5 heteroatoms. The van der Waals surface area contributed by atoms with Gasteiger partial charge in [-0.25, -0.2) is 9.37 Å². The smallest absolute Gasteiger partial charge is 0.229 e. The van der Waals surface area contributed by atoms with Crippen LogP contribution < -0.4 is 10.5 Å². The zero-order chi connectivity index (χ0) is 14.9. The molecule has 0 atom stereocenters. The SMILES string of the molecule is Cc1cc(C)c(C(N)=S)c(Oc2ccc(F)c(C)c2)n1. The molecule has 0 saturated heterocycles. The number of aryl methyl sites for hydroxylation is 3. The number of hydrogen-bond donors (Lipinski definition) is 1. The summed E-state index contributed by atoms with van der Waals surface area (Å²) in [5.74, 6) is 0.570. The van der Waals surface area contributed by atoms with E-state index in [2.05, 4.69) is 4.98 Å². The Balaban J connectivity index is 2.47. The summed E-state index contributed by atoms with van der Waals surface area (Å²) < 4.78 is 19.0. The molecule has 1 aromatic heterocycles. The van der Waals surface area contributed by atoms with Gasteiger partial charge in [-0.05, 0) is 56.2 Å². The first-order chi connectivity index (χ1) is 9.38. The summed E-state index contributed by atoms with van der Waals surface area (Å²) in [4.78, 5) is 4.54. The molecule has 3 nitrogen and oxygen atoms in total. The number of benzene rings is 1. The van der Waals surface area contributed by atoms with Gasteiger partial charge in [0.05, 0.1) is 5.56 Å². The van der Waals surface area contributed by atoms with Gasteiger partial charge in [0, 0.05) is 5.69 Å². The molecular weight excluding hydrogens is 275 g/mol. The molecule has 2 rings (SSSR count). The monoisotopic (exact) mass is 290 g/mol. The first kappa shape index (κ1) is 14.4. The van der Waals surface area contributed by atoms with Gasteiger partial charge < -0.3 is 10.5 Å². The van der Waals surface area contributed by atoms with Gasteiger partial charge in [0.2, 0.25) is 5.88 Å². The second-order valence-electron chi connectivity index (χ2n) is 4.64. The number of nitrogens with zero attached hydrogens (tertiary/aromatic N) is 1. The predicted molar refractivity (Wildman–Crippen MR) is 80.8 cm³/mol. The topological polar surface area (TPSA) is 48.1 Å². The predicted octanol–water partition coefficient (Wildman–Crippen LogP) is 3.57. The normalized spacial score (nSPS) is 10.4. The quantitative estimate of drug-likeness (QED) is 0.878. The summed E-state index contributed by atoms with van der Waals surface area (Å²) in [6.07, 6.45) is 0. The first-order valence-electron chi connectivity index (χ1n) is 6.10. The average Bonchev–Trinajstić information content (AvgIpc) is 2.32. The molecule has 0 fully saturated rings. The van der Waals surface area contributed by atoms with Crippen LogP contribution in [0, 0.1) is 26.6 Å². The molecule has 0 bridgehead atoms. The Labute approximate surface area is 122 Å². The maximum atomic E-state index is 13.3. The minimum atomic E-state index is -0.277. The highest BCUT2D eigenvalue weighted by molar-refractivity contribution is 7.80. The highest BCUT2D eigenvalue weighted by Crippen LogP contribution is 2.27. The molecule has 0 aliphatic rings. The van der Waals surface area contributed by atoms with Crippen molar-refractivity contribution in [3.63, 3.8) is 0 Å². The molecule has 0 unspecified atom stereocenters. The standard InChI is InChI=1S/C15H15FN2OS/c1-8-7-11(4-5-12(8)16)19-15-13(14(17)20)9(2)6-10(3)18-15/h4-7H,1-3H3,(H2,17,20). The highest BCUT2D eigenvalue weighted by Gasteiger charge is 2.14. The summed E-state index contributed by atoms with van der Waals surface area (Å²) in [6, 6.07) is 6.40. The molecule has 1 aromatic carbocycles. The molecule has 1 heterocycles. The van der Waals surface area contributed by atoms with Gasteiger partial charge in [-0.3, -0.25) is 0 Å². The fraction of sp³-hybridized carbons (Fsp3) is 0.200. The van der Waals surface area contributed by atoms with Crippen LogP contribution >= 0.6 is 12.2 Å². The van der Waals surface area contributed by atoms with Crippen LogP contribution in [0.4, 0.5) is 4.39 Å². The number of ether oxygens (including phenoxy) is 1. The number of thiocarbonyl (C=S) groups is 1. The second kappa shape index (κ2) is 5.54. The minimum Gasteiger partial charge on any atom is -0.438 e. The number of pyridine rings is 1. The van der Waals surface area contributed by atoms with E-state index in [1.807, 2.05) is 19.9 Å². The maximum Gasteiger partial charge on any atom is 0.229 e. The van der Waals surface area contributed by atoms with Crippen molar-refractivity contribution >= 4 is 17.2 Å². The Hall–Kier alpha value is -2.01. The lowest BCUT2D eigenvalue weighted by atomic mass is 10.1. The summed E-state index contributed by atoms with van der Waals surface area (Å²) in [5.41, 5.74) is 8.54. The molecule has 0 aliphatic heterocycles. The lowest BCUT2D eigenvalue weighted by Gasteiger charge is -2.13. The maximum absolute atomic E-state index is 13.3. The third-order valence-corrected chi connectivity index (χ3v) is 3.11. The van der Waals surface area contributed by atoms with Gasteiger partial charge in [-0.2, -0.15) is 0 Å². The van der Waals surface area contributed by atoms with Crippen LogP contribution in [-0.2, 0) is 0 Å². The van der Waals surface area contributed by atoms with Crippen molar-refractivity contribution in [2.45, 2.75) is 20.8 Å². The molecule has 0 radical (unpaired) electrons. The molecule has 0 saturated carbocycles. The van der Waals surface area contributed by atoms with Gasteiger partial charge in [-0.1, -0.05) is 12.2 Å². The molecule has 0 spiro atoms.